The van der Waals surface area contributed by atoms with E-state index in [9.17, 15) is 4.79 Å². The molecule has 1 aromatic carbocycles. The Morgan fingerprint density at radius 2 is 2.25 bits per heavy atom. The van der Waals surface area contributed by atoms with Gasteiger partial charge in [-0.05, 0) is 50.2 Å². The van der Waals surface area contributed by atoms with Gasteiger partial charge in [-0.1, -0.05) is 6.92 Å². The van der Waals surface area contributed by atoms with Gasteiger partial charge >= 0.3 is 0 Å². The number of carbonyl (C=O) groups is 1. The number of hydrogen-bond donors (Lipinski definition) is 1. The number of likely N-dealkylation sites (tertiary alicyclic amines) is 1. The number of nitrogens with one attached hydrogen (secondary N) is 1. The van der Waals surface area contributed by atoms with Gasteiger partial charge in [0, 0.05) is 42.7 Å². The van der Waals surface area contributed by atoms with Gasteiger partial charge < -0.3 is 14.6 Å². The van der Waals surface area contributed by atoms with Crippen LogP contribution in [0.4, 0.5) is 0 Å². The number of methoxy groups -OCH3 is 1. The third-order valence-corrected chi connectivity index (χ3v) is 5.00. The van der Waals surface area contributed by atoms with Crippen LogP contribution < -0.4 is 10.1 Å². The molecule has 0 spiro atoms. The second-order valence-electron chi connectivity index (χ2n) is 6.41. The van der Waals surface area contributed by atoms with Gasteiger partial charge in [-0.3, -0.25) is 9.69 Å². The molecule has 3 rings (SSSR count). The van der Waals surface area contributed by atoms with Crippen LogP contribution in [0.5, 0.6) is 5.75 Å². The Morgan fingerprint density at radius 1 is 1.38 bits per heavy atom. The molecule has 1 aliphatic heterocycles. The van der Waals surface area contributed by atoms with E-state index in [1.165, 1.54) is 12.8 Å². The summed E-state index contributed by atoms with van der Waals surface area (Å²) in [6.07, 6.45) is 4.98. The third kappa shape index (κ3) is 3.73. The van der Waals surface area contributed by atoms with Crippen molar-refractivity contribution >= 4 is 16.8 Å². The van der Waals surface area contributed by atoms with Crippen molar-refractivity contribution in [3.8, 4) is 5.75 Å². The van der Waals surface area contributed by atoms with Crippen molar-refractivity contribution in [3.05, 3.63) is 30.5 Å². The number of aryl methyl sites for hydroxylation is 1. The van der Waals surface area contributed by atoms with Crippen LogP contribution in [0.3, 0.4) is 0 Å². The minimum Gasteiger partial charge on any atom is -0.497 e. The number of likely N-dealkylation sites (N-methyl/N-ethyl adjacent to an activating group) is 1. The summed E-state index contributed by atoms with van der Waals surface area (Å²) in [4.78, 5) is 14.6. The van der Waals surface area contributed by atoms with Gasteiger partial charge in [-0.2, -0.15) is 0 Å². The smallest absolute Gasteiger partial charge is 0.221 e. The normalized spacial score (nSPS) is 18.2. The monoisotopic (exact) mass is 329 g/mol. The van der Waals surface area contributed by atoms with E-state index in [1.807, 2.05) is 24.4 Å². The van der Waals surface area contributed by atoms with Crippen molar-refractivity contribution in [1.29, 1.82) is 0 Å². The van der Waals surface area contributed by atoms with E-state index in [0.29, 0.717) is 19.0 Å². The van der Waals surface area contributed by atoms with Crippen LogP contribution in [0.2, 0.25) is 0 Å². The van der Waals surface area contributed by atoms with Crippen LogP contribution in [-0.4, -0.2) is 48.2 Å². The molecule has 5 heteroatoms. The second-order valence-corrected chi connectivity index (χ2v) is 6.41. The first-order valence-electron chi connectivity index (χ1n) is 8.85. The molecule has 0 aliphatic carbocycles. The largest absolute Gasteiger partial charge is 0.497 e. The zero-order chi connectivity index (χ0) is 16.9. The zero-order valence-electron chi connectivity index (χ0n) is 14.6. The molecule has 2 heterocycles. The van der Waals surface area contributed by atoms with E-state index in [4.69, 9.17) is 4.74 Å². The molecule has 0 bridgehead atoms. The molecule has 1 fully saturated rings. The average Bonchev–Trinajstić information content (AvgIpc) is 3.23. The van der Waals surface area contributed by atoms with Gasteiger partial charge in [0.2, 0.25) is 5.91 Å². The molecule has 1 saturated heterocycles. The van der Waals surface area contributed by atoms with Crippen molar-refractivity contribution in [2.75, 3.05) is 26.7 Å². The predicted molar refractivity (Wildman–Crippen MR) is 96.4 cm³/mol. The maximum absolute atomic E-state index is 12.2. The summed E-state index contributed by atoms with van der Waals surface area (Å²) in [5.41, 5.74) is 1.14. The van der Waals surface area contributed by atoms with Crippen molar-refractivity contribution in [2.45, 2.75) is 38.8 Å². The predicted octanol–water partition coefficient (Wildman–Crippen LogP) is 2.64. The lowest BCUT2D eigenvalue weighted by Gasteiger charge is -2.22. The minimum atomic E-state index is 0.133. The highest BCUT2D eigenvalue weighted by molar-refractivity contribution is 5.82. The third-order valence-electron chi connectivity index (χ3n) is 5.00. The van der Waals surface area contributed by atoms with E-state index in [1.54, 1.807) is 7.11 Å². The number of fused-ring (bicyclic) bond motifs is 1. The van der Waals surface area contributed by atoms with Crippen molar-refractivity contribution in [1.82, 2.24) is 14.8 Å². The van der Waals surface area contributed by atoms with Gasteiger partial charge in [0.05, 0.1) is 7.11 Å². The maximum Gasteiger partial charge on any atom is 0.221 e. The van der Waals surface area contributed by atoms with Gasteiger partial charge in [0.1, 0.15) is 5.75 Å². The fourth-order valence-electron chi connectivity index (χ4n) is 3.58. The molecule has 1 aromatic heterocycles. The highest BCUT2D eigenvalue weighted by Gasteiger charge is 2.22. The first kappa shape index (κ1) is 16.8. The van der Waals surface area contributed by atoms with Crippen molar-refractivity contribution in [2.24, 2.45) is 0 Å². The number of hydrogen-bond acceptors (Lipinski definition) is 3. The number of aromatic nitrogens is 1. The number of ether oxygens (including phenoxy) is 1. The highest BCUT2D eigenvalue weighted by Crippen LogP contribution is 2.22. The summed E-state index contributed by atoms with van der Waals surface area (Å²) < 4.78 is 7.38. The molecular formula is C19H27N3O2. The Balaban J connectivity index is 1.51. The SMILES string of the molecule is CCN1CCCC1CNC(=O)CCn1ccc2cc(OC)ccc21. The lowest BCUT2D eigenvalue weighted by atomic mass is 10.2. The van der Waals surface area contributed by atoms with Gasteiger partial charge in [-0.15, -0.1) is 0 Å². The summed E-state index contributed by atoms with van der Waals surface area (Å²) in [6.45, 7) is 5.89. The molecular weight excluding hydrogens is 302 g/mol. The Bertz CT molecular complexity index is 695. The number of rotatable bonds is 7. The summed E-state index contributed by atoms with van der Waals surface area (Å²) >= 11 is 0. The summed E-state index contributed by atoms with van der Waals surface area (Å²) in [7, 11) is 1.67. The van der Waals surface area contributed by atoms with Crippen LogP contribution >= 0.6 is 0 Å². The maximum atomic E-state index is 12.2. The minimum absolute atomic E-state index is 0.133. The number of carbonyl (C=O) groups excluding carboxylic acids is 1. The summed E-state index contributed by atoms with van der Waals surface area (Å²) in [5.74, 6) is 0.989. The van der Waals surface area contributed by atoms with E-state index in [0.717, 1.165) is 36.3 Å². The molecule has 1 unspecified atom stereocenters. The van der Waals surface area contributed by atoms with Crippen LogP contribution in [0, 0.1) is 0 Å². The summed E-state index contributed by atoms with van der Waals surface area (Å²) in [5, 5.41) is 4.24. The Morgan fingerprint density at radius 3 is 3.04 bits per heavy atom. The molecule has 0 radical (unpaired) electrons. The summed E-state index contributed by atoms with van der Waals surface area (Å²) in [6, 6.07) is 8.60. The van der Waals surface area contributed by atoms with Crippen molar-refractivity contribution in [3.63, 3.8) is 0 Å². The molecule has 1 N–H and O–H groups in total. The lowest BCUT2D eigenvalue weighted by Crippen LogP contribution is -2.40. The first-order chi connectivity index (χ1) is 11.7. The molecule has 1 amide bonds. The molecule has 0 saturated carbocycles. The lowest BCUT2D eigenvalue weighted by molar-refractivity contribution is -0.121. The Kier molecular flexibility index (Phi) is 5.41. The van der Waals surface area contributed by atoms with Crippen LogP contribution in [0.15, 0.2) is 30.5 Å². The van der Waals surface area contributed by atoms with E-state index in [2.05, 4.69) is 27.8 Å². The van der Waals surface area contributed by atoms with Gasteiger partial charge in [0.15, 0.2) is 0 Å². The first-order valence-corrected chi connectivity index (χ1v) is 8.85. The quantitative estimate of drug-likeness (QED) is 0.849. The van der Waals surface area contributed by atoms with E-state index in [-0.39, 0.29) is 5.91 Å². The molecule has 1 aliphatic rings. The zero-order valence-corrected chi connectivity index (χ0v) is 14.6. The topological polar surface area (TPSA) is 46.5 Å². The molecule has 5 nitrogen and oxygen atoms in total. The number of amides is 1. The molecule has 24 heavy (non-hydrogen) atoms. The van der Waals surface area contributed by atoms with Crippen LogP contribution in [-0.2, 0) is 11.3 Å². The highest BCUT2D eigenvalue weighted by atomic mass is 16.5. The van der Waals surface area contributed by atoms with Gasteiger partial charge in [0.25, 0.3) is 0 Å². The Hall–Kier alpha value is -2.01. The second kappa shape index (κ2) is 7.71. The fraction of sp³-hybridized carbons (Fsp3) is 0.526. The Labute approximate surface area is 143 Å². The molecule has 2 aromatic rings. The fourth-order valence-corrected chi connectivity index (χ4v) is 3.58. The standard InChI is InChI=1S/C19H27N3O2/c1-3-21-10-4-5-16(21)14-20-19(23)9-12-22-11-8-15-13-17(24-2)6-7-18(15)22/h6-8,11,13,16H,3-5,9-10,12,14H2,1-2H3,(H,20,23). The van der Waals surface area contributed by atoms with Crippen LogP contribution in [0.1, 0.15) is 26.2 Å². The molecule has 130 valence electrons. The number of benzene rings is 1. The molecule has 1 atom stereocenters. The van der Waals surface area contributed by atoms with Crippen molar-refractivity contribution < 1.29 is 9.53 Å². The van der Waals surface area contributed by atoms with E-state index < -0.39 is 0 Å². The van der Waals surface area contributed by atoms with Gasteiger partial charge in [-0.25, -0.2) is 0 Å². The average molecular weight is 329 g/mol. The number of nitrogens with zero attached hydrogens (tertiary/aromatic N) is 2. The van der Waals surface area contributed by atoms with E-state index >= 15 is 0 Å². The van der Waals surface area contributed by atoms with Crippen LogP contribution in [0.25, 0.3) is 10.9 Å².